The van der Waals surface area contributed by atoms with Crippen molar-refractivity contribution in [3.05, 3.63) is 15.8 Å². The number of nitriles is 1. The normalized spacial score (nSPS) is 17.0. The number of carbonyl (C=O) groups excluding carboxylic acids is 1. The number of hydrogen-bond acceptors (Lipinski definition) is 10. The number of aromatic nitrogens is 2. The molecule has 1 saturated heterocycles. The van der Waals surface area contributed by atoms with Crippen molar-refractivity contribution < 1.29 is 14.5 Å². The molecule has 0 bridgehead atoms. The minimum Gasteiger partial charge on any atom is -0.459 e. The smallest absolute Gasteiger partial charge is 0.336 e. The lowest BCUT2D eigenvalue weighted by Crippen LogP contribution is -2.51. The summed E-state index contributed by atoms with van der Waals surface area (Å²) in [5.41, 5.74) is -0.207. The molecule has 1 aliphatic heterocycles. The van der Waals surface area contributed by atoms with E-state index >= 15 is 0 Å². The fraction of sp³-hybridized carbons (Fsp3) is 0.571. The maximum absolute atomic E-state index is 11.6. The van der Waals surface area contributed by atoms with Crippen LogP contribution in [-0.2, 0) is 16.1 Å². The molecule has 0 saturated carbocycles. The summed E-state index contributed by atoms with van der Waals surface area (Å²) in [6, 6.07) is 2.00. The third kappa shape index (κ3) is 4.77. The van der Waals surface area contributed by atoms with Crippen molar-refractivity contribution in [2.24, 2.45) is 0 Å². The number of nitrogens with zero attached hydrogens (tertiary/aromatic N) is 5. The first-order valence-corrected chi connectivity index (χ1v) is 8.76. The monoisotopic (exact) mass is 366 g/mol. The van der Waals surface area contributed by atoms with Crippen LogP contribution in [0.25, 0.3) is 0 Å². The van der Waals surface area contributed by atoms with Gasteiger partial charge in [0, 0.05) is 32.6 Å². The second-order valence-corrected chi connectivity index (χ2v) is 6.10. The molecule has 1 aliphatic rings. The van der Waals surface area contributed by atoms with E-state index in [1.165, 1.54) is 18.7 Å². The maximum Gasteiger partial charge on any atom is 0.336 e. The van der Waals surface area contributed by atoms with Crippen molar-refractivity contribution in [3.8, 4) is 6.07 Å². The molecule has 0 unspecified atom stereocenters. The number of piperazine rings is 1. The summed E-state index contributed by atoms with van der Waals surface area (Å²) in [6.07, 6.45) is 2.06. The average Bonchev–Trinajstić information content (AvgIpc) is 2.59. The number of rotatable bonds is 6. The Kier molecular flexibility index (Phi) is 6.49. The molecule has 1 N–H and O–H groups in total. The number of thioether (sulfide) groups is 1. The standard InChI is InChI=1S/C14H18N6O4S/c1-9(21)24-8-11-12(20(22)23)13(18-14(17-11)25-2)19-6-5-16-10(7-19)3-4-15/h10,16H,3,5-8H2,1-2H3/t10-/m0/s1. The van der Waals surface area contributed by atoms with Gasteiger partial charge in [0.15, 0.2) is 10.9 Å². The molecule has 10 nitrogen and oxygen atoms in total. The number of ether oxygens (including phenoxy) is 1. The molecule has 1 aromatic heterocycles. The molecule has 0 radical (unpaired) electrons. The fourth-order valence-electron chi connectivity index (χ4n) is 2.50. The molecule has 1 fully saturated rings. The second-order valence-electron chi connectivity index (χ2n) is 5.33. The van der Waals surface area contributed by atoms with Crippen molar-refractivity contribution in [3.63, 3.8) is 0 Å². The molecule has 2 rings (SSSR count). The molecule has 25 heavy (non-hydrogen) atoms. The molecule has 0 amide bonds. The Morgan fingerprint density at radius 1 is 1.60 bits per heavy atom. The number of carbonyl (C=O) groups is 1. The summed E-state index contributed by atoms with van der Waals surface area (Å²) in [4.78, 5) is 32.3. The second kappa shape index (κ2) is 8.59. The lowest BCUT2D eigenvalue weighted by Gasteiger charge is -2.33. The lowest BCUT2D eigenvalue weighted by atomic mass is 10.1. The van der Waals surface area contributed by atoms with Gasteiger partial charge in [0.05, 0.1) is 17.4 Å². The van der Waals surface area contributed by atoms with E-state index in [2.05, 4.69) is 21.4 Å². The molecule has 0 aliphatic carbocycles. The molecule has 2 heterocycles. The average molecular weight is 366 g/mol. The minimum atomic E-state index is -0.556. The van der Waals surface area contributed by atoms with Gasteiger partial charge in [-0.25, -0.2) is 4.98 Å². The number of esters is 1. The number of hydrogen-bond donors (Lipinski definition) is 1. The first-order valence-electron chi connectivity index (χ1n) is 7.54. The molecule has 0 aromatic carbocycles. The van der Waals surface area contributed by atoms with Gasteiger partial charge in [-0.2, -0.15) is 10.2 Å². The van der Waals surface area contributed by atoms with Gasteiger partial charge in [-0.15, -0.1) is 0 Å². The van der Waals surface area contributed by atoms with E-state index in [0.29, 0.717) is 31.2 Å². The predicted molar refractivity (Wildman–Crippen MR) is 90.2 cm³/mol. The first-order chi connectivity index (χ1) is 12.0. The van der Waals surface area contributed by atoms with E-state index in [-0.39, 0.29) is 29.8 Å². The highest BCUT2D eigenvalue weighted by molar-refractivity contribution is 7.98. The Hall–Kier alpha value is -2.45. The van der Waals surface area contributed by atoms with E-state index in [9.17, 15) is 14.9 Å². The van der Waals surface area contributed by atoms with Crippen LogP contribution >= 0.6 is 11.8 Å². The van der Waals surface area contributed by atoms with Gasteiger partial charge < -0.3 is 15.0 Å². The van der Waals surface area contributed by atoms with E-state index in [1.807, 2.05) is 0 Å². The molecular formula is C14H18N6O4S. The van der Waals surface area contributed by atoms with Crippen molar-refractivity contribution >= 4 is 29.2 Å². The largest absolute Gasteiger partial charge is 0.459 e. The van der Waals surface area contributed by atoms with E-state index in [0.717, 1.165) is 0 Å². The van der Waals surface area contributed by atoms with Crippen LogP contribution in [0.2, 0.25) is 0 Å². The van der Waals surface area contributed by atoms with Gasteiger partial charge in [-0.05, 0) is 6.26 Å². The van der Waals surface area contributed by atoms with Crippen LogP contribution in [0, 0.1) is 21.4 Å². The van der Waals surface area contributed by atoms with E-state index < -0.39 is 10.9 Å². The van der Waals surface area contributed by atoms with Gasteiger partial charge >= 0.3 is 11.7 Å². The lowest BCUT2D eigenvalue weighted by molar-refractivity contribution is -0.385. The fourth-order valence-corrected chi connectivity index (χ4v) is 2.88. The molecule has 1 atom stereocenters. The Balaban J connectivity index is 2.43. The Bertz CT molecular complexity index is 707. The van der Waals surface area contributed by atoms with Crippen LogP contribution in [0.15, 0.2) is 5.16 Å². The van der Waals surface area contributed by atoms with Crippen LogP contribution in [0.1, 0.15) is 19.0 Å². The van der Waals surface area contributed by atoms with Gasteiger partial charge in [-0.1, -0.05) is 11.8 Å². The number of anilines is 1. The topological polar surface area (TPSA) is 134 Å². The highest BCUT2D eigenvalue weighted by atomic mass is 32.2. The minimum absolute atomic E-state index is 0.0601. The SMILES string of the molecule is CSc1nc(COC(C)=O)c([N+](=O)[O-])c(N2CCN[C@@H](CC#N)C2)n1. The third-order valence-electron chi connectivity index (χ3n) is 3.59. The molecule has 1 aromatic rings. The van der Waals surface area contributed by atoms with Crippen molar-refractivity contribution in [1.29, 1.82) is 5.26 Å². The highest BCUT2D eigenvalue weighted by Crippen LogP contribution is 2.32. The number of nitro groups is 1. The summed E-state index contributed by atoms with van der Waals surface area (Å²) in [7, 11) is 0. The summed E-state index contributed by atoms with van der Waals surface area (Å²) in [5.74, 6) is -0.354. The summed E-state index contributed by atoms with van der Waals surface area (Å²) < 4.78 is 4.90. The van der Waals surface area contributed by atoms with Gasteiger partial charge in [-0.3, -0.25) is 14.9 Å². The first kappa shape index (κ1) is 18.9. The zero-order chi connectivity index (χ0) is 18.4. The zero-order valence-electron chi connectivity index (χ0n) is 13.9. The molecule has 11 heteroatoms. The Morgan fingerprint density at radius 3 is 2.96 bits per heavy atom. The van der Waals surface area contributed by atoms with Crippen molar-refractivity contribution in [1.82, 2.24) is 15.3 Å². The molecular weight excluding hydrogens is 348 g/mol. The Labute approximate surface area is 148 Å². The van der Waals surface area contributed by atoms with Gasteiger partial charge in [0.2, 0.25) is 5.82 Å². The summed E-state index contributed by atoms with van der Waals surface area (Å²) >= 11 is 1.25. The molecule has 134 valence electrons. The maximum atomic E-state index is 11.6. The van der Waals surface area contributed by atoms with Gasteiger partial charge in [0.25, 0.3) is 0 Å². The summed E-state index contributed by atoms with van der Waals surface area (Å²) in [6.45, 7) is 2.46. The zero-order valence-corrected chi connectivity index (χ0v) is 14.7. The van der Waals surface area contributed by atoms with E-state index in [4.69, 9.17) is 10.00 Å². The van der Waals surface area contributed by atoms with Gasteiger partial charge in [0.1, 0.15) is 6.61 Å². The van der Waals surface area contributed by atoms with Crippen LogP contribution in [0.3, 0.4) is 0 Å². The highest BCUT2D eigenvalue weighted by Gasteiger charge is 2.31. The third-order valence-corrected chi connectivity index (χ3v) is 4.14. The van der Waals surface area contributed by atoms with Crippen LogP contribution in [0.4, 0.5) is 11.5 Å². The van der Waals surface area contributed by atoms with Crippen LogP contribution in [-0.4, -0.2) is 52.8 Å². The Morgan fingerprint density at radius 2 is 2.36 bits per heavy atom. The van der Waals surface area contributed by atoms with Crippen molar-refractivity contribution in [2.45, 2.75) is 31.1 Å². The quantitative estimate of drug-likeness (QED) is 0.254. The summed E-state index contributed by atoms with van der Waals surface area (Å²) in [5, 5.41) is 24.1. The number of nitrogens with one attached hydrogen (secondary N) is 1. The van der Waals surface area contributed by atoms with Crippen LogP contribution < -0.4 is 10.2 Å². The van der Waals surface area contributed by atoms with Crippen LogP contribution in [0.5, 0.6) is 0 Å². The predicted octanol–water partition coefficient (Wildman–Crippen LogP) is 0.862. The van der Waals surface area contributed by atoms with E-state index in [1.54, 1.807) is 11.2 Å². The van der Waals surface area contributed by atoms with Crippen molar-refractivity contribution in [2.75, 3.05) is 30.8 Å². The molecule has 0 spiro atoms.